The largest absolute Gasteiger partial charge is 0.379 e. The standard InChI is InChI=1S/C14H14O5S/c1-11-6-8-13(9-7-11)20(16,17)19-14-5-3-2-4-12(14)10-18-15/h2-9,15H,10H2,1H3. The maximum Gasteiger partial charge on any atom is 0.339 e. The van der Waals surface area contributed by atoms with Crippen molar-refractivity contribution >= 4 is 10.1 Å². The number of aryl methyl sites for hydroxylation is 1. The summed E-state index contributed by atoms with van der Waals surface area (Å²) in [6.07, 6.45) is 0. The molecule has 20 heavy (non-hydrogen) atoms. The van der Waals surface area contributed by atoms with Crippen LogP contribution in [0, 0.1) is 6.92 Å². The highest BCUT2D eigenvalue weighted by molar-refractivity contribution is 7.87. The molecule has 6 heteroatoms. The van der Waals surface area contributed by atoms with Crippen LogP contribution in [-0.2, 0) is 21.6 Å². The third kappa shape index (κ3) is 3.36. The molecule has 2 aromatic rings. The van der Waals surface area contributed by atoms with Crippen LogP contribution in [0.4, 0.5) is 0 Å². The first-order chi connectivity index (χ1) is 9.53. The van der Waals surface area contributed by atoms with Crippen LogP contribution in [-0.4, -0.2) is 13.7 Å². The lowest BCUT2D eigenvalue weighted by Crippen LogP contribution is -2.11. The van der Waals surface area contributed by atoms with Gasteiger partial charge in [-0.15, -0.1) is 0 Å². The Labute approximate surface area is 117 Å². The highest BCUT2D eigenvalue weighted by Crippen LogP contribution is 2.23. The van der Waals surface area contributed by atoms with Crippen LogP contribution in [0.25, 0.3) is 0 Å². The second-order valence-electron chi connectivity index (χ2n) is 4.23. The monoisotopic (exact) mass is 294 g/mol. The van der Waals surface area contributed by atoms with Crippen molar-refractivity contribution in [3.8, 4) is 5.75 Å². The Kier molecular flexibility index (Phi) is 4.39. The molecule has 0 amide bonds. The van der Waals surface area contributed by atoms with Gasteiger partial charge in [-0.25, -0.2) is 4.89 Å². The molecule has 1 N–H and O–H groups in total. The molecular formula is C14H14O5S. The third-order valence-electron chi connectivity index (χ3n) is 2.70. The molecule has 0 saturated carbocycles. The Morgan fingerprint density at radius 1 is 1.05 bits per heavy atom. The van der Waals surface area contributed by atoms with Crippen LogP contribution in [0.5, 0.6) is 5.75 Å². The van der Waals surface area contributed by atoms with Crippen molar-refractivity contribution in [2.45, 2.75) is 18.4 Å². The molecule has 0 aliphatic rings. The Balaban J connectivity index is 2.31. The van der Waals surface area contributed by atoms with Crippen molar-refractivity contribution in [1.82, 2.24) is 0 Å². The number of para-hydroxylation sites is 1. The molecule has 106 valence electrons. The van der Waals surface area contributed by atoms with Gasteiger partial charge < -0.3 is 4.18 Å². The number of benzene rings is 2. The summed E-state index contributed by atoms with van der Waals surface area (Å²) < 4.78 is 29.4. The van der Waals surface area contributed by atoms with Crippen LogP contribution in [0.1, 0.15) is 11.1 Å². The molecule has 0 unspecified atom stereocenters. The Morgan fingerprint density at radius 3 is 2.35 bits per heavy atom. The van der Waals surface area contributed by atoms with Gasteiger partial charge in [0.25, 0.3) is 0 Å². The van der Waals surface area contributed by atoms with E-state index in [1.165, 1.54) is 18.2 Å². The average molecular weight is 294 g/mol. The van der Waals surface area contributed by atoms with Gasteiger partial charge in [0, 0.05) is 5.56 Å². The average Bonchev–Trinajstić information content (AvgIpc) is 2.41. The van der Waals surface area contributed by atoms with E-state index in [-0.39, 0.29) is 17.3 Å². The molecular weight excluding hydrogens is 280 g/mol. The SMILES string of the molecule is Cc1ccc(S(=O)(=O)Oc2ccccc2COO)cc1. The first kappa shape index (κ1) is 14.5. The van der Waals surface area contributed by atoms with Crippen molar-refractivity contribution in [1.29, 1.82) is 0 Å². The van der Waals surface area contributed by atoms with E-state index in [1.54, 1.807) is 30.3 Å². The highest BCUT2D eigenvalue weighted by Gasteiger charge is 2.18. The van der Waals surface area contributed by atoms with Crippen molar-refractivity contribution in [2.75, 3.05) is 0 Å². The molecule has 2 rings (SSSR count). The molecule has 0 aliphatic carbocycles. The summed E-state index contributed by atoms with van der Waals surface area (Å²) >= 11 is 0. The second-order valence-corrected chi connectivity index (χ2v) is 5.78. The van der Waals surface area contributed by atoms with Gasteiger partial charge in [-0.2, -0.15) is 8.42 Å². The van der Waals surface area contributed by atoms with E-state index in [0.29, 0.717) is 5.56 Å². The van der Waals surface area contributed by atoms with Crippen LogP contribution >= 0.6 is 0 Å². The number of rotatable bonds is 5. The van der Waals surface area contributed by atoms with E-state index in [0.717, 1.165) is 5.56 Å². The zero-order chi connectivity index (χ0) is 14.6. The minimum absolute atomic E-state index is 0.0721. The van der Waals surface area contributed by atoms with Gasteiger partial charge in [-0.05, 0) is 25.1 Å². The summed E-state index contributed by atoms with van der Waals surface area (Å²) in [6.45, 7) is 1.71. The Morgan fingerprint density at radius 2 is 1.70 bits per heavy atom. The minimum Gasteiger partial charge on any atom is -0.379 e. The summed E-state index contributed by atoms with van der Waals surface area (Å²) in [6, 6.07) is 12.8. The maximum atomic E-state index is 12.1. The molecule has 0 aliphatic heterocycles. The summed E-state index contributed by atoms with van der Waals surface area (Å²) in [5, 5.41) is 8.49. The number of hydrogen-bond donors (Lipinski definition) is 1. The maximum absolute atomic E-state index is 12.1. The van der Waals surface area contributed by atoms with Crippen molar-refractivity contribution in [3.05, 3.63) is 59.7 Å². The molecule has 0 fully saturated rings. The van der Waals surface area contributed by atoms with E-state index < -0.39 is 10.1 Å². The van der Waals surface area contributed by atoms with Crippen LogP contribution in [0.15, 0.2) is 53.4 Å². The first-order valence-corrected chi connectivity index (χ1v) is 7.29. The predicted molar refractivity (Wildman–Crippen MR) is 72.9 cm³/mol. The third-order valence-corrected chi connectivity index (χ3v) is 3.95. The summed E-state index contributed by atoms with van der Waals surface area (Å²) in [4.78, 5) is 4.10. The molecule has 0 spiro atoms. The lowest BCUT2D eigenvalue weighted by atomic mass is 10.2. The van der Waals surface area contributed by atoms with E-state index in [1.807, 2.05) is 6.92 Å². The second kappa shape index (κ2) is 6.04. The fourth-order valence-corrected chi connectivity index (χ4v) is 2.61. The highest BCUT2D eigenvalue weighted by atomic mass is 32.2. The molecule has 5 nitrogen and oxygen atoms in total. The number of hydrogen-bond acceptors (Lipinski definition) is 5. The van der Waals surface area contributed by atoms with Crippen LogP contribution in [0.2, 0.25) is 0 Å². The van der Waals surface area contributed by atoms with Crippen LogP contribution < -0.4 is 4.18 Å². The van der Waals surface area contributed by atoms with Gasteiger partial charge in [-0.1, -0.05) is 35.9 Å². The molecule has 0 radical (unpaired) electrons. The molecule has 0 saturated heterocycles. The topological polar surface area (TPSA) is 72.8 Å². The first-order valence-electron chi connectivity index (χ1n) is 5.88. The summed E-state index contributed by atoms with van der Waals surface area (Å²) in [7, 11) is -3.91. The summed E-state index contributed by atoms with van der Waals surface area (Å²) in [5.41, 5.74) is 1.39. The van der Waals surface area contributed by atoms with Gasteiger partial charge in [0.15, 0.2) is 0 Å². The predicted octanol–water partition coefficient (Wildman–Crippen LogP) is 2.75. The molecule has 0 heterocycles. The molecule has 0 aromatic heterocycles. The zero-order valence-electron chi connectivity index (χ0n) is 10.8. The summed E-state index contributed by atoms with van der Waals surface area (Å²) in [5.74, 6) is 0.127. The lowest BCUT2D eigenvalue weighted by Gasteiger charge is -2.10. The van der Waals surface area contributed by atoms with Crippen molar-refractivity contribution < 1.29 is 22.7 Å². The smallest absolute Gasteiger partial charge is 0.339 e. The fraction of sp³-hybridized carbons (Fsp3) is 0.143. The van der Waals surface area contributed by atoms with Crippen LogP contribution in [0.3, 0.4) is 0 Å². The quantitative estimate of drug-likeness (QED) is 0.521. The van der Waals surface area contributed by atoms with E-state index in [2.05, 4.69) is 4.89 Å². The Hall–Kier alpha value is -1.89. The zero-order valence-corrected chi connectivity index (χ0v) is 11.6. The fourth-order valence-electron chi connectivity index (χ4n) is 1.65. The van der Waals surface area contributed by atoms with Gasteiger partial charge in [0.1, 0.15) is 17.3 Å². The van der Waals surface area contributed by atoms with E-state index >= 15 is 0 Å². The molecule has 0 bridgehead atoms. The minimum atomic E-state index is -3.91. The molecule has 0 atom stereocenters. The van der Waals surface area contributed by atoms with Crippen molar-refractivity contribution in [3.63, 3.8) is 0 Å². The van der Waals surface area contributed by atoms with Gasteiger partial charge in [0.05, 0.1) is 0 Å². The van der Waals surface area contributed by atoms with Gasteiger partial charge >= 0.3 is 10.1 Å². The lowest BCUT2D eigenvalue weighted by molar-refractivity contribution is -0.253. The molecule has 2 aromatic carbocycles. The normalized spacial score (nSPS) is 11.3. The van der Waals surface area contributed by atoms with Gasteiger partial charge in [-0.3, -0.25) is 5.26 Å². The Bertz CT molecular complexity index is 677. The van der Waals surface area contributed by atoms with E-state index in [9.17, 15) is 8.42 Å². The van der Waals surface area contributed by atoms with Gasteiger partial charge in [0.2, 0.25) is 0 Å². The van der Waals surface area contributed by atoms with E-state index in [4.69, 9.17) is 9.44 Å². The van der Waals surface area contributed by atoms with Crippen molar-refractivity contribution in [2.24, 2.45) is 0 Å².